The van der Waals surface area contributed by atoms with Gasteiger partial charge in [0.1, 0.15) is 5.75 Å². The zero-order chi connectivity index (χ0) is 12.6. The van der Waals surface area contributed by atoms with Gasteiger partial charge < -0.3 is 4.42 Å². The molecule has 1 aromatic carbocycles. The summed E-state index contributed by atoms with van der Waals surface area (Å²) in [5.74, 6) is -2.05. The third kappa shape index (κ3) is 2.52. The lowest BCUT2D eigenvalue weighted by atomic mass is 10.2. The zero-order valence-electron chi connectivity index (χ0n) is 8.94. The molecule has 0 aliphatic carbocycles. The quantitative estimate of drug-likeness (QED) is 0.785. The maximum Gasteiger partial charge on any atom is 0.212 e. The highest BCUT2D eigenvalue weighted by Gasteiger charge is 2.18. The van der Waals surface area contributed by atoms with E-state index >= 15 is 0 Å². The minimum atomic E-state index is -3.42. The summed E-state index contributed by atoms with van der Waals surface area (Å²) in [6.45, 7) is 0. The van der Waals surface area contributed by atoms with Crippen LogP contribution < -0.4 is 0 Å². The number of Topliss-reactive ketones (excluding diaryl/α,β-unsaturated/α-hetero) is 1. The van der Waals surface area contributed by atoms with Crippen LogP contribution in [0.5, 0.6) is 0 Å². The van der Waals surface area contributed by atoms with Gasteiger partial charge in [0.05, 0.1) is 0 Å². The van der Waals surface area contributed by atoms with Crippen molar-refractivity contribution in [2.75, 3.05) is 12.0 Å². The number of ketones is 1. The van der Waals surface area contributed by atoms with Crippen LogP contribution in [0.25, 0.3) is 11.0 Å². The van der Waals surface area contributed by atoms with Crippen molar-refractivity contribution in [3.63, 3.8) is 0 Å². The molecular weight excluding hydrogens is 247 g/mol. The van der Waals surface area contributed by atoms with E-state index < -0.39 is 27.2 Å². The fraction of sp³-hybridized carbons (Fsp3) is 0.182. The molecule has 0 N–H and O–H groups in total. The lowest BCUT2D eigenvalue weighted by Gasteiger charge is -1.94. The Morgan fingerprint density at radius 3 is 2.71 bits per heavy atom. The Kier molecular flexibility index (Phi) is 2.74. The van der Waals surface area contributed by atoms with Crippen molar-refractivity contribution >= 4 is 26.6 Å². The van der Waals surface area contributed by atoms with E-state index in [-0.39, 0.29) is 11.3 Å². The first-order valence-electron chi connectivity index (χ1n) is 4.76. The van der Waals surface area contributed by atoms with E-state index in [1.165, 1.54) is 18.2 Å². The molecule has 90 valence electrons. The standard InChI is InChI=1S/C11H9FO4S/c1-17(14,15)6-9(13)10-5-7-3-2-4-8(12)11(7)16-10/h2-5H,6H2,1H3. The minimum absolute atomic E-state index is 0.0376. The van der Waals surface area contributed by atoms with Crippen molar-refractivity contribution in [1.29, 1.82) is 0 Å². The maximum atomic E-state index is 13.3. The molecule has 17 heavy (non-hydrogen) atoms. The van der Waals surface area contributed by atoms with E-state index in [9.17, 15) is 17.6 Å². The Morgan fingerprint density at radius 2 is 2.12 bits per heavy atom. The first-order chi connectivity index (χ1) is 7.87. The van der Waals surface area contributed by atoms with Crippen LogP contribution in [-0.4, -0.2) is 26.2 Å². The van der Waals surface area contributed by atoms with Crippen LogP contribution in [-0.2, 0) is 9.84 Å². The van der Waals surface area contributed by atoms with Crippen LogP contribution in [0, 0.1) is 5.82 Å². The Labute approximate surface area is 97.0 Å². The minimum Gasteiger partial charge on any atom is -0.450 e. The number of hydrogen-bond acceptors (Lipinski definition) is 4. The fourth-order valence-electron chi connectivity index (χ4n) is 1.47. The normalized spacial score (nSPS) is 11.9. The van der Waals surface area contributed by atoms with Crippen LogP contribution in [0.4, 0.5) is 4.39 Å². The van der Waals surface area contributed by atoms with Crippen LogP contribution in [0.3, 0.4) is 0 Å². The number of carbonyl (C=O) groups is 1. The summed E-state index contributed by atoms with van der Waals surface area (Å²) in [6.07, 6.45) is 0.953. The Hall–Kier alpha value is -1.69. The molecule has 0 amide bonds. The Morgan fingerprint density at radius 1 is 1.41 bits per heavy atom. The number of furan rings is 1. The van der Waals surface area contributed by atoms with Crippen molar-refractivity contribution in [2.24, 2.45) is 0 Å². The topological polar surface area (TPSA) is 64.3 Å². The summed E-state index contributed by atoms with van der Waals surface area (Å²) >= 11 is 0. The van der Waals surface area contributed by atoms with Gasteiger partial charge in [-0.15, -0.1) is 0 Å². The highest BCUT2D eigenvalue weighted by Crippen LogP contribution is 2.22. The van der Waals surface area contributed by atoms with E-state index in [0.717, 1.165) is 6.26 Å². The molecule has 1 heterocycles. The number of carbonyl (C=O) groups excluding carboxylic acids is 1. The second-order valence-electron chi connectivity index (χ2n) is 3.76. The molecule has 0 fully saturated rings. The zero-order valence-corrected chi connectivity index (χ0v) is 9.75. The van der Waals surface area contributed by atoms with Crippen molar-refractivity contribution < 1.29 is 22.0 Å². The van der Waals surface area contributed by atoms with Gasteiger partial charge in [0, 0.05) is 11.6 Å². The third-order valence-corrected chi connectivity index (χ3v) is 2.95. The SMILES string of the molecule is CS(=O)(=O)CC(=O)c1cc2cccc(F)c2o1. The molecule has 1 aromatic heterocycles. The monoisotopic (exact) mass is 256 g/mol. The average molecular weight is 256 g/mol. The van der Waals surface area contributed by atoms with Gasteiger partial charge in [-0.05, 0) is 12.1 Å². The molecule has 0 saturated heterocycles. The molecule has 4 nitrogen and oxygen atoms in total. The van der Waals surface area contributed by atoms with E-state index in [0.29, 0.717) is 5.39 Å². The number of sulfone groups is 1. The van der Waals surface area contributed by atoms with Crippen LogP contribution in [0.15, 0.2) is 28.7 Å². The molecular formula is C11H9FO4S. The maximum absolute atomic E-state index is 13.3. The lowest BCUT2D eigenvalue weighted by molar-refractivity contribution is 0.0992. The summed E-state index contributed by atoms with van der Waals surface area (Å²) in [5.41, 5.74) is -0.0376. The summed E-state index contributed by atoms with van der Waals surface area (Å²) in [6, 6.07) is 5.61. The highest BCUT2D eigenvalue weighted by atomic mass is 32.2. The van der Waals surface area contributed by atoms with E-state index in [1.54, 1.807) is 6.07 Å². The summed E-state index contributed by atoms with van der Waals surface area (Å²) in [4.78, 5) is 11.5. The van der Waals surface area contributed by atoms with Gasteiger partial charge in [0.2, 0.25) is 5.78 Å². The van der Waals surface area contributed by atoms with Gasteiger partial charge in [0.15, 0.2) is 27.0 Å². The van der Waals surface area contributed by atoms with E-state index in [4.69, 9.17) is 4.42 Å². The molecule has 0 saturated carbocycles. The van der Waals surface area contributed by atoms with Crippen LogP contribution >= 0.6 is 0 Å². The fourth-order valence-corrected chi connectivity index (χ4v) is 2.09. The Balaban J connectivity index is 2.44. The molecule has 0 atom stereocenters. The average Bonchev–Trinajstić information content (AvgIpc) is 2.60. The van der Waals surface area contributed by atoms with Gasteiger partial charge in [-0.25, -0.2) is 12.8 Å². The lowest BCUT2D eigenvalue weighted by Crippen LogP contribution is -2.13. The van der Waals surface area contributed by atoms with Crippen molar-refractivity contribution in [3.8, 4) is 0 Å². The summed E-state index contributed by atoms with van der Waals surface area (Å²) in [7, 11) is -3.42. The largest absolute Gasteiger partial charge is 0.450 e. The van der Waals surface area contributed by atoms with Gasteiger partial charge >= 0.3 is 0 Å². The second kappa shape index (κ2) is 3.96. The molecule has 2 rings (SSSR count). The van der Waals surface area contributed by atoms with Crippen molar-refractivity contribution in [3.05, 3.63) is 35.8 Å². The van der Waals surface area contributed by atoms with Crippen molar-refractivity contribution in [1.82, 2.24) is 0 Å². The van der Waals surface area contributed by atoms with Gasteiger partial charge in [-0.3, -0.25) is 4.79 Å². The van der Waals surface area contributed by atoms with Crippen molar-refractivity contribution in [2.45, 2.75) is 0 Å². The van der Waals surface area contributed by atoms with E-state index in [1.807, 2.05) is 0 Å². The predicted molar refractivity (Wildman–Crippen MR) is 60.2 cm³/mol. The third-order valence-electron chi connectivity index (χ3n) is 2.16. The van der Waals surface area contributed by atoms with Gasteiger partial charge in [-0.1, -0.05) is 12.1 Å². The number of fused-ring (bicyclic) bond motifs is 1. The molecule has 0 aliphatic heterocycles. The molecule has 0 bridgehead atoms. The molecule has 0 spiro atoms. The molecule has 2 aromatic rings. The van der Waals surface area contributed by atoms with E-state index in [2.05, 4.69) is 0 Å². The smallest absolute Gasteiger partial charge is 0.212 e. The molecule has 0 unspecified atom stereocenters. The Bertz CT molecular complexity index is 685. The summed E-state index contributed by atoms with van der Waals surface area (Å²) in [5, 5.41) is 0.432. The molecule has 0 radical (unpaired) electrons. The molecule has 0 aliphatic rings. The predicted octanol–water partition coefficient (Wildman–Crippen LogP) is 1.80. The number of halogens is 1. The number of hydrogen-bond donors (Lipinski definition) is 0. The van der Waals surface area contributed by atoms with Crippen LogP contribution in [0.2, 0.25) is 0 Å². The second-order valence-corrected chi connectivity index (χ2v) is 5.90. The van der Waals surface area contributed by atoms with Gasteiger partial charge in [0.25, 0.3) is 0 Å². The van der Waals surface area contributed by atoms with Crippen LogP contribution in [0.1, 0.15) is 10.6 Å². The summed E-state index contributed by atoms with van der Waals surface area (Å²) < 4.78 is 40.2. The number of rotatable bonds is 3. The first kappa shape index (κ1) is 11.8. The highest BCUT2D eigenvalue weighted by molar-refractivity contribution is 7.91. The molecule has 6 heteroatoms. The van der Waals surface area contributed by atoms with Gasteiger partial charge in [-0.2, -0.15) is 0 Å². The first-order valence-corrected chi connectivity index (χ1v) is 6.82. The number of para-hydroxylation sites is 1. The number of benzene rings is 1.